The maximum atomic E-state index is 6.35. The number of benzene rings is 1. The molecule has 0 spiro atoms. The summed E-state index contributed by atoms with van der Waals surface area (Å²) in [7, 11) is 0. The Morgan fingerprint density at radius 2 is 2.06 bits per heavy atom. The van der Waals surface area contributed by atoms with Gasteiger partial charge in [0.1, 0.15) is 0 Å². The zero-order chi connectivity index (χ0) is 13.3. The second-order valence-electron chi connectivity index (χ2n) is 6.15. The Bertz CT molecular complexity index is 412. The van der Waals surface area contributed by atoms with E-state index in [2.05, 4.69) is 50.8 Å². The molecule has 1 aliphatic rings. The van der Waals surface area contributed by atoms with E-state index in [0.29, 0.717) is 12.0 Å². The standard InChI is InChI=1S/C16H26N2/c1-11(2)10-18-8-7-15(17)16(18)14-9-12(3)5-6-13(14)4/h5-6,9,11,15-16H,7-8,10,17H2,1-4H3. The van der Waals surface area contributed by atoms with Gasteiger partial charge in [-0.15, -0.1) is 0 Å². The molecule has 1 fully saturated rings. The van der Waals surface area contributed by atoms with Crippen molar-refractivity contribution in [1.82, 2.24) is 4.90 Å². The number of rotatable bonds is 3. The zero-order valence-electron chi connectivity index (χ0n) is 12.1. The third kappa shape index (κ3) is 2.76. The van der Waals surface area contributed by atoms with Gasteiger partial charge < -0.3 is 5.73 Å². The van der Waals surface area contributed by atoms with Crippen molar-refractivity contribution in [2.45, 2.75) is 46.2 Å². The zero-order valence-corrected chi connectivity index (χ0v) is 12.1. The van der Waals surface area contributed by atoms with Crippen molar-refractivity contribution >= 4 is 0 Å². The Balaban J connectivity index is 2.30. The molecule has 2 nitrogen and oxygen atoms in total. The molecule has 1 aliphatic heterocycles. The van der Waals surface area contributed by atoms with Crippen LogP contribution in [0.1, 0.15) is 43.0 Å². The number of aryl methyl sites for hydroxylation is 2. The van der Waals surface area contributed by atoms with Crippen LogP contribution >= 0.6 is 0 Å². The highest BCUT2D eigenvalue weighted by Gasteiger charge is 2.33. The lowest BCUT2D eigenvalue weighted by Gasteiger charge is -2.30. The molecule has 0 saturated carbocycles. The monoisotopic (exact) mass is 246 g/mol. The van der Waals surface area contributed by atoms with Gasteiger partial charge in [0.15, 0.2) is 0 Å². The molecule has 2 heteroatoms. The van der Waals surface area contributed by atoms with Crippen molar-refractivity contribution < 1.29 is 0 Å². The van der Waals surface area contributed by atoms with Crippen LogP contribution in [0.5, 0.6) is 0 Å². The average molecular weight is 246 g/mol. The highest BCUT2D eigenvalue weighted by Crippen LogP contribution is 2.33. The summed E-state index contributed by atoms with van der Waals surface area (Å²) in [6.45, 7) is 11.2. The van der Waals surface area contributed by atoms with E-state index in [-0.39, 0.29) is 6.04 Å². The van der Waals surface area contributed by atoms with E-state index >= 15 is 0 Å². The van der Waals surface area contributed by atoms with Crippen LogP contribution in [0.25, 0.3) is 0 Å². The molecule has 0 amide bonds. The highest BCUT2D eigenvalue weighted by atomic mass is 15.2. The first-order valence-corrected chi connectivity index (χ1v) is 7.06. The van der Waals surface area contributed by atoms with E-state index in [0.717, 1.165) is 19.5 Å². The lowest BCUT2D eigenvalue weighted by molar-refractivity contribution is 0.220. The summed E-state index contributed by atoms with van der Waals surface area (Å²) in [5.74, 6) is 0.697. The lowest BCUT2D eigenvalue weighted by Crippen LogP contribution is -2.34. The molecule has 0 aliphatic carbocycles. The van der Waals surface area contributed by atoms with Crippen molar-refractivity contribution in [3.8, 4) is 0 Å². The van der Waals surface area contributed by atoms with Crippen molar-refractivity contribution in [3.05, 3.63) is 34.9 Å². The molecule has 2 rings (SSSR count). The molecule has 2 atom stereocenters. The molecular formula is C16H26N2. The van der Waals surface area contributed by atoms with E-state index < -0.39 is 0 Å². The van der Waals surface area contributed by atoms with Gasteiger partial charge in [-0.2, -0.15) is 0 Å². The van der Waals surface area contributed by atoms with Crippen LogP contribution in [-0.4, -0.2) is 24.0 Å². The Morgan fingerprint density at radius 1 is 1.33 bits per heavy atom. The summed E-state index contributed by atoms with van der Waals surface area (Å²) in [5.41, 5.74) is 10.5. The van der Waals surface area contributed by atoms with Crippen LogP contribution in [0.4, 0.5) is 0 Å². The first-order chi connectivity index (χ1) is 8.49. The molecule has 100 valence electrons. The highest BCUT2D eigenvalue weighted by molar-refractivity contribution is 5.34. The molecule has 0 aromatic heterocycles. The maximum Gasteiger partial charge on any atom is 0.0502 e. The fourth-order valence-electron chi connectivity index (χ4n) is 3.06. The Labute approximate surface area is 111 Å². The molecule has 18 heavy (non-hydrogen) atoms. The van der Waals surface area contributed by atoms with Crippen molar-refractivity contribution in [1.29, 1.82) is 0 Å². The second kappa shape index (κ2) is 5.41. The van der Waals surface area contributed by atoms with Crippen LogP contribution < -0.4 is 5.73 Å². The van der Waals surface area contributed by atoms with E-state index in [1.807, 2.05) is 0 Å². The largest absolute Gasteiger partial charge is 0.326 e. The molecule has 1 saturated heterocycles. The number of hydrogen-bond acceptors (Lipinski definition) is 2. The summed E-state index contributed by atoms with van der Waals surface area (Å²) < 4.78 is 0. The van der Waals surface area contributed by atoms with E-state index in [9.17, 15) is 0 Å². The van der Waals surface area contributed by atoms with Gasteiger partial charge in [-0.05, 0) is 37.3 Å². The van der Waals surface area contributed by atoms with Gasteiger partial charge in [-0.1, -0.05) is 37.6 Å². The molecular weight excluding hydrogens is 220 g/mol. The first-order valence-electron chi connectivity index (χ1n) is 7.06. The molecule has 0 bridgehead atoms. The number of nitrogens with two attached hydrogens (primary N) is 1. The van der Waals surface area contributed by atoms with Gasteiger partial charge in [-0.25, -0.2) is 0 Å². The average Bonchev–Trinajstić information content (AvgIpc) is 2.63. The Kier molecular flexibility index (Phi) is 4.08. The molecule has 1 heterocycles. The molecule has 0 radical (unpaired) electrons. The fraction of sp³-hybridized carbons (Fsp3) is 0.625. The van der Waals surface area contributed by atoms with Crippen LogP contribution in [0.15, 0.2) is 18.2 Å². The van der Waals surface area contributed by atoms with Crippen molar-refractivity contribution in [2.75, 3.05) is 13.1 Å². The maximum absolute atomic E-state index is 6.35. The Morgan fingerprint density at radius 3 is 2.72 bits per heavy atom. The van der Waals surface area contributed by atoms with Gasteiger partial charge in [0, 0.05) is 19.1 Å². The quantitative estimate of drug-likeness (QED) is 0.888. The first kappa shape index (κ1) is 13.6. The molecule has 2 unspecified atom stereocenters. The molecule has 1 aromatic carbocycles. The third-order valence-electron chi connectivity index (χ3n) is 3.90. The fourth-order valence-corrected chi connectivity index (χ4v) is 3.06. The number of likely N-dealkylation sites (tertiary alicyclic amines) is 1. The predicted molar refractivity (Wildman–Crippen MR) is 77.7 cm³/mol. The van der Waals surface area contributed by atoms with Gasteiger partial charge in [-0.3, -0.25) is 4.90 Å². The van der Waals surface area contributed by atoms with E-state index in [4.69, 9.17) is 5.73 Å². The summed E-state index contributed by atoms with van der Waals surface area (Å²) in [6.07, 6.45) is 1.12. The van der Waals surface area contributed by atoms with Crippen molar-refractivity contribution in [3.63, 3.8) is 0 Å². The number of nitrogens with zero attached hydrogens (tertiary/aromatic N) is 1. The van der Waals surface area contributed by atoms with Gasteiger partial charge in [0.2, 0.25) is 0 Å². The van der Waals surface area contributed by atoms with Crippen LogP contribution in [-0.2, 0) is 0 Å². The third-order valence-corrected chi connectivity index (χ3v) is 3.90. The normalized spacial score (nSPS) is 25.0. The summed E-state index contributed by atoms with van der Waals surface area (Å²) >= 11 is 0. The number of hydrogen-bond donors (Lipinski definition) is 1. The second-order valence-corrected chi connectivity index (χ2v) is 6.15. The van der Waals surface area contributed by atoms with Crippen LogP contribution in [0.2, 0.25) is 0 Å². The van der Waals surface area contributed by atoms with Crippen molar-refractivity contribution in [2.24, 2.45) is 11.7 Å². The van der Waals surface area contributed by atoms with Gasteiger partial charge in [0.05, 0.1) is 6.04 Å². The minimum atomic E-state index is 0.282. The predicted octanol–water partition coefficient (Wildman–Crippen LogP) is 3.03. The summed E-state index contributed by atoms with van der Waals surface area (Å²) in [6, 6.07) is 7.42. The SMILES string of the molecule is Cc1ccc(C)c(C2C(N)CCN2CC(C)C)c1. The summed E-state index contributed by atoms with van der Waals surface area (Å²) in [4.78, 5) is 2.57. The molecule has 1 aromatic rings. The van der Waals surface area contributed by atoms with Gasteiger partial charge in [0.25, 0.3) is 0 Å². The van der Waals surface area contributed by atoms with E-state index in [1.54, 1.807) is 0 Å². The van der Waals surface area contributed by atoms with E-state index in [1.165, 1.54) is 16.7 Å². The summed E-state index contributed by atoms with van der Waals surface area (Å²) in [5, 5.41) is 0. The topological polar surface area (TPSA) is 29.3 Å². The van der Waals surface area contributed by atoms with Crippen LogP contribution in [0, 0.1) is 19.8 Å². The van der Waals surface area contributed by atoms with Gasteiger partial charge >= 0.3 is 0 Å². The Hall–Kier alpha value is -0.860. The minimum absolute atomic E-state index is 0.282. The lowest BCUT2D eigenvalue weighted by atomic mass is 9.94. The van der Waals surface area contributed by atoms with Crippen LogP contribution in [0.3, 0.4) is 0 Å². The smallest absolute Gasteiger partial charge is 0.0502 e. The molecule has 2 N–H and O–H groups in total. The minimum Gasteiger partial charge on any atom is -0.326 e.